The van der Waals surface area contributed by atoms with Crippen LogP contribution in [0.5, 0.6) is 0 Å². The van der Waals surface area contributed by atoms with Crippen molar-refractivity contribution in [2.45, 2.75) is 5.75 Å². The summed E-state index contributed by atoms with van der Waals surface area (Å²) in [5.74, 6) is -0.445. The van der Waals surface area contributed by atoms with E-state index in [0.717, 1.165) is 0 Å². The Bertz CT molecular complexity index is 1470. The molecule has 0 aliphatic rings. The van der Waals surface area contributed by atoms with Crippen LogP contribution in [0.2, 0.25) is 10.0 Å². The quantitative estimate of drug-likeness (QED) is 0.394. The highest BCUT2D eigenvalue weighted by atomic mass is 35.5. The van der Waals surface area contributed by atoms with Crippen molar-refractivity contribution in [1.82, 2.24) is 14.5 Å². The second-order valence-electron chi connectivity index (χ2n) is 7.13. The zero-order valence-corrected chi connectivity index (χ0v) is 19.0. The number of aromatic nitrogens is 3. The standard InChI is InChI=1S/C21H17Cl2N5O3S/c1-28-9-15(18-20(24)25-11-26-21(18)28)19(29)13-3-2-4-14(8-13)27-32(30,31)10-12-5-6-16(22)17(23)7-12/h2-9,11,27H,10H2,1H3,(H2,24,25,26). The zero-order valence-electron chi connectivity index (χ0n) is 16.7. The number of aryl methyl sites for hydroxylation is 1. The number of sulfonamides is 1. The van der Waals surface area contributed by atoms with E-state index in [0.29, 0.717) is 27.2 Å². The fourth-order valence-electron chi connectivity index (χ4n) is 3.35. The lowest BCUT2D eigenvalue weighted by atomic mass is 10.0. The molecular formula is C21H17Cl2N5O3S. The van der Waals surface area contributed by atoms with Gasteiger partial charge in [0.25, 0.3) is 0 Å². The van der Waals surface area contributed by atoms with Gasteiger partial charge >= 0.3 is 0 Å². The average molecular weight is 490 g/mol. The molecule has 0 radical (unpaired) electrons. The van der Waals surface area contributed by atoms with E-state index < -0.39 is 10.0 Å². The molecule has 0 spiro atoms. The van der Waals surface area contributed by atoms with Crippen molar-refractivity contribution < 1.29 is 13.2 Å². The molecule has 8 nitrogen and oxygen atoms in total. The number of fused-ring (bicyclic) bond motifs is 1. The van der Waals surface area contributed by atoms with Gasteiger partial charge in [0.05, 0.1) is 26.7 Å². The molecule has 2 aromatic carbocycles. The Labute approximate surface area is 194 Å². The number of ketones is 1. The van der Waals surface area contributed by atoms with E-state index >= 15 is 0 Å². The summed E-state index contributed by atoms with van der Waals surface area (Å²) in [6, 6.07) is 10.8. The molecule has 2 heterocycles. The van der Waals surface area contributed by atoms with Gasteiger partial charge in [-0.3, -0.25) is 9.52 Å². The normalized spacial score (nSPS) is 11.6. The van der Waals surface area contributed by atoms with Crippen LogP contribution in [0.25, 0.3) is 11.0 Å². The van der Waals surface area contributed by atoms with Crippen molar-refractivity contribution in [2.24, 2.45) is 7.05 Å². The molecule has 0 saturated carbocycles. The highest BCUT2D eigenvalue weighted by molar-refractivity contribution is 7.91. The van der Waals surface area contributed by atoms with Gasteiger partial charge in [-0.25, -0.2) is 18.4 Å². The Hall–Kier alpha value is -3.14. The molecule has 0 aliphatic heterocycles. The molecule has 32 heavy (non-hydrogen) atoms. The van der Waals surface area contributed by atoms with E-state index in [1.807, 2.05) is 0 Å². The lowest BCUT2D eigenvalue weighted by Crippen LogP contribution is -2.15. The van der Waals surface area contributed by atoms with Crippen LogP contribution in [0, 0.1) is 0 Å². The van der Waals surface area contributed by atoms with Crippen LogP contribution in [0.1, 0.15) is 21.5 Å². The summed E-state index contributed by atoms with van der Waals surface area (Å²) < 4.78 is 29.4. The average Bonchev–Trinajstić information content (AvgIpc) is 3.08. The van der Waals surface area contributed by atoms with Gasteiger partial charge in [-0.2, -0.15) is 0 Å². The third-order valence-corrected chi connectivity index (χ3v) is 6.77. The Kier molecular flexibility index (Phi) is 5.81. The van der Waals surface area contributed by atoms with Gasteiger partial charge in [0.1, 0.15) is 17.8 Å². The SMILES string of the molecule is Cn1cc(C(=O)c2cccc(NS(=O)(=O)Cc3ccc(Cl)c(Cl)c3)c2)c2c(N)ncnc21. The maximum atomic E-state index is 13.2. The van der Waals surface area contributed by atoms with Crippen LogP contribution in [0.15, 0.2) is 55.0 Å². The van der Waals surface area contributed by atoms with Gasteiger partial charge in [0.15, 0.2) is 5.78 Å². The van der Waals surface area contributed by atoms with Crippen LogP contribution < -0.4 is 10.5 Å². The van der Waals surface area contributed by atoms with E-state index in [2.05, 4.69) is 14.7 Å². The first kappa shape index (κ1) is 22.1. The number of nitrogens with two attached hydrogens (primary N) is 1. The number of nitrogen functional groups attached to an aromatic ring is 1. The molecule has 0 aliphatic carbocycles. The van der Waals surface area contributed by atoms with Gasteiger partial charge in [-0.05, 0) is 29.8 Å². The fourth-order valence-corrected chi connectivity index (χ4v) is 4.85. The smallest absolute Gasteiger partial charge is 0.236 e. The van der Waals surface area contributed by atoms with E-state index in [1.165, 1.54) is 24.5 Å². The number of nitrogens with one attached hydrogen (secondary N) is 1. The third-order valence-electron chi connectivity index (χ3n) is 4.77. The number of hydrogen-bond donors (Lipinski definition) is 2. The summed E-state index contributed by atoms with van der Waals surface area (Å²) in [4.78, 5) is 21.3. The van der Waals surface area contributed by atoms with E-state index in [1.54, 1.807) is 42.1 Å². The summed E-state index contributed by atoms with van der Waals surface area (Å²) in [5, 5.41) is 1.06. The molecule has 11 heteroatoms. The number of halogens is 2. The molecule has 164 valence electrons. The van der Waals surface area contributed by atoms with Crippen molar-refractivity contribution in [3.8, 4) is 0 Å². The van der Waals surface area contributed by atoms with Crippen LogP contribution in [0.4, 0.5) is 11.5 Å². The minimum absolute atomic E-state index is 0.192. The van der Waals surface area contributed by atoms with Crippen LogP contribution >= 0.6 is 23.2 Å². The first-order valence-electron chi connectivity index (χ1n) is 9.29. The highest BCUT2D eigenvalue weighted by Crippen LogP contribution is 2.27. The van der Waals surface area contributed by atoms with Gasteiger partial charge in [-0.15, -0.1) is 0 Å². The maximum Gasteiger partial charge on any atom is 0.236 e. The second kappa shape index (κ2) is 8.42. The Balaban J connectivity index is 1.61. The molecule has 4 rings (SSSR count). The minimum atomic E-state index is -3.77. The summed E-state index contributed by atoms with van der Waals surface area (Å²) in [6.07, 6.45) is 2.95. The summed E-state index contributed by atoms with van der Waals surface area (Å²) in [5.41, 5.74) is 7.84. The molecule has 0 unspecified atom stereocenters. The van der Waals surface area contributed by atoms with Crippen LogP contribution in [-0.4, -0.2) is 28.7 Å². The monoisotopic (exact) mass is 489 g/mol. The predicted molar refractivity (Wildman–Crippen MR) is 126 cm³/mol. The molecular weight excluding hydrogens is 473 g/mol. The summed E-state index contributed by atoms with van der Waals surface area (Å²) in [7, 11) is -2.02. The van der Waals surface area contributed by atoms with E-state index in [-0.39, 0.29) is 33.6 Å². The summed E-state index contributed by atoms with van der Waals surface area (Å²) in [6.45, 7) is 0. The Morgan fingerprint density at radius 3 is 2.66 bits per heavy atom. The van der Waals surface area contributed by atoms with E-state index in [9.17, 15) is 13.2 Å². The number of benzene rings is 2. The van der Waals surface area contributed by atoms with Crippen molar-refractivity contribution in [3.63, 3.8) is 0 Å². The zero-order chi connectivity index (χ0) is 23.0. The lowest BCUT2D eigenvalue weighted by Gasteiger charge is -2.10. The molecule has 0 saturated heterocycles. The van der Waals surface area contributed by atoms with Gasteiger partial charge < -0.3 is 10.3 Å². The molecule has 2 aromatic heterocycles. The molecule has 4 aromatic rings. The predicted octanol–water partition coefficient (Wildman–Crippen LogP) is 4.03. The fraction of sp³-hybridized carbons (Fsp3) is 0.0952. The highest BCUT2D eigenvalue weighted by Gasteiger charge is 2.20. The summed E-state index contributed by atoms with van der Waals surface area (Å²) >= 11 is 11.8. The van der Waals surface area contributed by atoms with Gasteiger partial charge in [-0.1, -0.05) is 41.4 Å². The van der Waals surface area contributed by atoms with Crippen LogP contribution in [-0.2, 0) is 22.8 Å². The third kappa shape index (κ3) is 4.40. The van der Waals surface area contributed by atoms with Crippen LogP contribution in [0.3, 0.4) is 0 Å². The first-order chi connectivity index (χ1) is 15.1. The van der Waals surface area contributed by atoms with E-state index in [4.69, 9.17) is 28.9 Å². The Morgan fingerprint density at radius 2 is 1.91 bits per heavy atom. The van der Waals surface area contributed by atoms with Crippen molar-refractivity contribution >= 4 is 61.5 Å². The first-order valence-corrected chi connectivity index (χ1v) is 11.7. The molecule has 0 fully saturated rings. The number of nitrogens with zero attached hydrogens (tertiary/aromatic N) is 3. The maximum absolute atomic E-state index is 13.2. The number of rotatable bonds is 6. The largest absolute Gasteiger partial charge is 0.383 e. The number of carbonyl (C=O) groups is 1. The second-order valence-corrected chi connectivity index (χ2v) is 9.67. The molecule has 0 amide bonds. The van der Waals surface area contributed by atoms with Gasteiger partial charge in [0.2, 0.25) is 10.0 Å². The molecule has 0 bridgehead atoms. The number of carbonyl (C=O) groups excluding carboxylic acids is 1. The van der Waals surface area contributed by atoms with Gasteiger partial charge in [0, 0.05) is 24.5 Å². The molecule has 3 N–H and O–H groups in total. The van der Waals surface area contributed by atoms with Crippen molar-refractivity contribution in [2.75, 3.05) is 10.5 Å². The van der Waals surface area contributed by atoms with Crippen molar-refractivity contribution in [1.29, 1.82) is 0 Å². The Morgan fingerprint density at radius 1 is 1.12 bits per heavy atom. The minimum Gasteiger partial charge on any atom is -0.383 e. The number of anilines is 2. The topological polar surface area (TPSA) is 120 Å². The lowest BCUT2D eigenvalue weighted by molar-refractivity contribution is 0.104. The number of hydrogen-bond acceptors (Lipinski definition) is 6. The molecule has 0 atom stereocenters. The van der Waals surface area contributed by atoms with Crippen molar-refractivity contribution in [3.05, 3.63) is 81.7 Å².